The van der Waals surface area contributed by atoms with E-state index in [4.69, 9.17) is 0 Å². The van der Waals surface area contributed by atoms with E-state index in [1.807, 2.05) is 0 Å². The second-order valence-electron chi connectivity index (χ2n) is 5.09. The number of halogens is 3. The Balaban J connectivity index is 2.13. The summed E-state index contributed by atoms with van der Waals surface area (Å²) < 4.78 is 64.1. The highest BCUT2D eigenvalue weighted by Crippen LogP contribution is 2.29. The van der Waals surface area contributed by atoms with E-state index in [0.29, 0.717) is 11.6 Å². The Hall–Kier alpha value is -2.20. The molecule has 0 amide bonds. The first-order valence-electron chi connectivity index (χ1n) is 6.76. The van der Waals surface area contributed by atoms with Crippen LogP contribution in [-0.4, -0.2) is 32.5 Å². The summed E-state index contributed by atoms with van der Waals surface area (Å²) in [5.74, 6) is 0.418. The molecule has 0 saturated heterocycles. The van der Waals surface area contributed by atoms with E-state index in [1.54, 1.807) is 25.1 Å². The van der Waals surface area contributed by atoms with Crippen molar-refractivity contribution in [1.29, 1.82) is 0 Å². The van der Waals surface area contributed by atoms with Crippen molar-refractivity contribution in [2.24, 2.45) is 0 Å². The fourth-order valence-corrected chi connectivity index (χ4v) is 2.77. The summed E-state index contributed by atoms with van der Waals surface area (Å²) in [7, 11) is -0.462. The van der Waals surface area contributed by atoms with Gasteiger partial charge in [-0.1, -0.05) is 0 Å². The molecule has 2 aromatic rings. The van der Waals surface area contributed by atoms with Gasteiger partial charge in [0.2, 0.25) is 16.0 Å². The fraction of sp³-hybridized carbons (Fsp3) is 0.286. The number of hydrogen-bond acceptors (Lipinski definition) is 5. The molecule has 0 atom stereocenters. The molecular formula is C14H15F3N4O2S. The van der Waals surface area contributed by atoms with Crippen molar-refractivity contribution in [3.8, 4) is 0 Å². The molecule has 0 radical (unpaired) electrons. The largest absolute Gasteiger partial charge is 0.416 e. The number of nitrogens with zero attached hydrogens (tertiary/aromatic N) is 3. The monoisotopic (exact) mass is 360 g/mol. The van der Waals surface area contributed by atoms with E-state index in [1.165, 1.54) is 6.20 Å². The molecule has 1 aromatic carbocycles. The maximum Gasteiger partial charge on any atom is 0.416 e. The van der Waals surface area contributed by atoms with Crippen LogP contribution >= 0.6 is 0 Å². The molecular weight excluding hydrogens is 345 g/mol. The lowest BCUT2D eigenvalue weighted by molar-refractivity contribution is -0.137. The Bertz CT molecular complexity index is 806. The molecule has 0 fully saturated rings. The lowest BCUT2D eigenvalue weighted by Gasteiger charge is -2.12. The first-order valence-corrected chi connectivity index (χ1v) is 8.24. The van der Waals surface area contributed by atoms with Crippen molar-refractivity contribution in [3.05, 3.63) is 47.8 Å². The van der Waals surface area contributed by atoms with Gasteiger partial charge >= 0.3 is 6.18 Å². The van der Waals surface area contributed by atoms with Gasteiger partial charge in [-0.3, -0.25) is 0 Å². The molecule has 1 aromatic heterocycles. The van der Waals surface area contributed by atoms with E-state index in [2.05, 4.69) is 14.7 Å². The van der Waals surface area contributed by atoms with Crippen LogP contribution in [0.25, 0.3) is 0 Å². The lowest BCUT2D eigenvalue weighted by atomic mass is 10.2. The number of nitrogens with one attached hydrogen (secondary N) is 1. The quantitative estimate of drug-likeness (QED) is 0.883. The van der Waals surface area contributed by atoms with Gasteiger partial charge in [-0.05, 0) is 30.3 Å². The number of anilines is 1. The van der Waals surface area contributed by atoms with Crippen LogP contribution in [0, 0.1) is 0 Å². The molecule has 0 bridgehead atoms. The zero-order valence-corrected chi connectivity index (χ0v) is 13.7. The van der Waals surface area contributed by atoms with Gasteiger partial charge in [0.15, 0.2) is 0 Å². The summed E-state index contributed by atoms with van der Waals surface area (Å²) >= 11 is 0. The maximum absolute atomic E-state index is 12.5. The average molecular weight is 360 g/mol. The molecule has 0 saturated carbocycles. The standard InChI is InChI=1S/C14H15F3N4O2S/c1-21(2)13-18-8-7-11(20-13)9-19-24(22,23)12-5-3-10(4-6-12)14(15,16)17/h3-8,19H,9H2,1-2H3. The van der Waals surface area contributed by atoms with Gasteiger partial charge in [0, 0.05) is 20.3 Å². The van der Waals surface area contributed by atoms with Gasteiger partial charge in [0.1, 0.15) is 0 Å². The third-order valence-electron chi connectivity index (χ3n) is 3.04. The molecule has 0 aliphatic rings. The lowest BCUT2D eigenvalue weighted by Crippen LogP contribution is -2.24. The summed E-state index contributed by atoms with van der Waals surface area (Å²) in [6.45, 7) is -0.104. The number of hydrogen-bond donors (Lipinski definition) is 1. The van der Waals surface area contributed by atoms with Gasteiger partial charge in [-0.2, -0.15) is 13.2 Å². The third-order valence-corrected chi connectivity index (χ3v) is 4.45. The van der Waals surface area contributed by atoms with Crippen molar-refractivity contribution in [1.82, 2.24) is 14.7 Å². The summed E-state index contributed by atoms with van der Waals surface area (Å²) in [5, 5.41) is 0. The summed E-state index contributed by atoms with van der Waals surface area (Å²) in [4.78, 5) is 9.57. The SMILES string of the molecule is CN(C)c1nccc(CNS(=O)(=O)c2ccc(C(F)(F)F)cc2)n1. The highest BCUT2D eigenvalue weighted by atomic mass is 32.2. The van der Waals surface area contributed by atoms with Crippen LogP contribution in [0.15, 0.2) is 41.4 Å². The van der Waals surface area contributed by atoms with Gasteiger partial charge in [-0.25, -0.2) is 23.1 Å². The predicted octanol–water partition coefficient (Wildman–Crippen LogP) is 2.04. The van der Waals surface area contributed by atoms with E-state index in [0.717, 1.165) is 24.3 Å². The predicted molar refractivity (Wildman–Crippen MR) is 81.8 cm³/mol. The third kappa shape index (κ3) is 4.42. The molecule has 0 spiro atoms. The molecule has 0 aliphatic carbocycles. The Labute approximate surface area is 137 Å². The van der Waals surface area contributed by atoms with Crippen molar-refractivity contribution in [2.75, 3.05) is 19.0 Å². The van der Waals surface area contributed by atoms with Gasteiger partial charge in [-0.15, -0.1) is 0 Å². The first kappa shape index (κ1) is 18.1. The Morgan fingerprint density at radius 2 is 1.75 bits per heavy atom. The topological polar surface area (TPSA) is 75.2 Å². The Morgan fingerprint density at radius 1 is 1.12 bits per heavy atom. The Morgan fingerprint density at radius 3 is 2.29 bits per heavy atom. The minimum Gasteiger partial charge on any atom is -0.347 e. The van der Waals surface area contributed by atoms with Crippen LogP contribution in [0.1, 0.15) is 11.3 Å². The smallest absolute Gasteiger partial charge is 0.347 e. The van der Waals surface area contributed by atoms with Crippen LogP contribution in [0.4, 0.5) is 19.1 Å². The summed E-state index contributed by atoms with van der Waals surface area (Å²) in [5.41, 5.74) is -0.475. The number of benzene rings is 1. The average Bonchev–Trinajstić information content (AvgIpc) is 2.52. The number of aromatic nitrogens is 2. The molecule has 1 N–H and O–H groups in total. The first-order chi connectivity index (χ1) is 11.1. The van der Waals surface area contributed by atoms with Crippen molar-refractivity contribution < 1.29 is 21.6 Å². The van der Waals surface area contributed by atoms with E-state index in [9.17, 15) is 21.6 Å². The summed E-state index contributed by atoms with van der Waals surface area (Å²) in [6.07, 6.45) is -3.02. The molecule has 6 nitrogen and oxygen atoms in total. The molecule has 1 heterocycles. The van der Waals surface area contributed by atoms with Crippen LogP contribution < -0.4 is 9.62 Å². The van der Waals surface area contributed by atoms with Gasteiger partial charge < -0.3 is 4.90 Å². The molecule has 130 valence electrons. The molecule has 0 aliphatic heterocycles. The second-order valence-corrected chi connectivity index (χ2v) is 6.86. The molecule has 10 heteroatoms. The normalized spacial score (nSPS) is 12.2. The number of sulfonamides is 1. The van der Waals surface area contributed by atoms with Gasteiger partial charge in [0.25, 0.3) is 0 Å². The fourth-order valence-electron chi connectivity index (χ4n) is 1.77. The second kappa shape index (κ2) is 6.73. The molecule has 0 unspecified atom stereocenters. The maximum atomic E-state index is 12.5. The van der Waals surface area contributed by atoms with Crippen LogP contribution in [0.3, 0.4) is 0 Å². The summed E-state index contributed by atoms with van der Waals surface area (Å²) in [6, 6.07) is 4.82. The molecule has 24 heavy (non-hydrogen) atoms. The van der Waals surface area contributed by atoms with Crippen molar-refractivity contribution in [3.63, 3.8) is 0 Å². The zero-order chi connectivity index (χ0) is 18.0. The van der Waals surface area contributed by atoms with E-state index < -0.39 is 21.8 Å². The van der Waals surface area contributed by atoms with Gasteiger partial charge in [0.05, 0.1) is 22.7 Å². The van der Waals surface area contributed by atoms with Crippen molar-refractivity contribution >= 4 is 16.0 Å². The van der Waals surface area contributed by atoms with Crippen LogP contribution in [0.5, 0.6) is 0 Å². The Kier molecular flexibility index (Phi) is 5.09. The highest BCUT2D eigenvalue weighted by Gasteiger charge is 2.30. The highest BCUT2D eigenvalue weighted by molar-refractivity contribution is 7.89. The number of alkyl halides is 3. The number of rotatable bonds is 5. The van der Waals surface area contributed by atoms with E-state index in [-0.39, 0.29) is 11.4 Å². The van der Waals surface area contributed by atoms with Crippen LogP contribution in [0.2, 0.25) is 0 Å². The van der Waals surface area contributed by atoms with Crippen LogP contribution in [-0.2, 0) is 22.7 Å². The van der Waals surface area contributed by atoms with E-state index >= 15 is 0 Å². The minimum atomic E-state index is -4.51. The van der Waals surface area contributed by atoms with Crippen molar-refractivity contribution in [2.45, 2.75) is 17.6 Å². The molecule has 2 rings (SSSR count). The zero-order valence-electron chi connectivity index (χ0n) is 12.9. The minimum absolute atomic E-state index is 0.104.